The van der Waals surface area contributed by atoms with Gasteiger partial charge in [0, 0.05) is 23.1 Å². The summed E-state index contributed by atoms with van der Waals surface area (Å²) in [5, 5.41) is 2.57. The number of hydrogen-bond donors (Lipinski definition) is 0. The minimum Gasteiger partial charge on any atom is -0.393 e. The summed E-state index contributed by atoms with van der Waals surface area (Å²) >= 11 is 0. The molecule has 1 aromatic heterocycles. The van der Waals surface area contributed by atoms with Gasteiger partial charge in [-0.3, -0.25) is 4.98 Å². The minimum atomic E-state index is 0.0317. The molecule has 0 radical (unpaired) electrons. The molecule has 0 saturated carbocycles. The lowest BCUT2D eigenvalue weighted by Crippen LogP contribution is -2.56. The quantitative estimate of drug-likeness (QED) is 0.198. The fourth-order valence-corrected chi connectivity index (χ4v) is 6.95. The van der Waals surface area contributed by atoms with Gasteiger partial charge in [0.15, 0.2) is 0 Å². The Morgan fingerprint density at radius 3 is 1.98 bits per heavy atom. The van der Waals surface area contributed by atoms with E-state index in [1.807, 2.05) is 6.20 Å². The molecule has 218 valence electrons. The monoisotopic (exact) mass is 565 g/mol. The summed E-state index contributed by atoms with van der Waals surface area (Å²) in [6, 6.07) is 31.5. The first kappa shape index (κ1) is 29.0. The van der Waals surface area contributed by atoms with Gasteiger partial charge in [-0.1, -0.05) is 97.0 Å². The van der Waals surface area contributed by atoms with Crippen molar-refractivity contribution < 1.29 is 0 Å². The molecule has 0 bridgehead atoms. The van der Waals surface area contributed by atoms with E-state index in [9.17, 15) is 0 Å². The lowest BCUT2D eigenvalue weighted by atomic mass is 9.59. The molecule has 43 heavy (non-hydrogen) atoms. The van der Waals surface area contributed by atoms with Crippen LogP contribution in [0.5, 0.6) is 0 Å². The van der Waals surface area contributed by atoms with Crippen LogP contribution in [0.3, 0.4) is 0 Å². The smallest absolute Gasteiger partial charge is 0.393 e. The van der Waals surface area contributed by atoms with Crippen molar-refractivity contribution in [3.63, 3.8) is 0 Å². The van der Waals surface area contributed by atoms with Crippen LogP contribution in [0.1, 0.15) is 77.0 Å². The Kier molecular flexibility index (Phi) is 7.36. The highest BCUT2D eigenvalue weighted by Gasteiger charge is 2.41. The van der Waals surface area contributed by atoms with Gasteiger partial charge in [0.2, 0.25) is 0 Å². The number of rotatable bonds is 5. The summed E-state index contributed by atoms with van der Waals surface area (Å²) in [5.41, 5.74) is 12.8. The summed E-state index contributed by atoms with van der Waals surface area (Å²) in [5.74, 6) is 0.915. The molecule has 0 N–H and O–H groups in total. The molecule has 1 aliphatic heterocycles. The van der Waals surface area contributed by atoms with Crippen molar-refractivity contribution >= 4 is 34.6 Å². The zero-order valence-electron chi connectivity index (χ0n) is 27.2. The molecule has 0 unspecified atom stereocenters. The maximum atomic E-state index is 4.85. The zero-order chi connectivity index (χ0) is 30.6. The van der Waals surface area contributed by atoms with E-state index in [0.29, 0.717) is 11.8 Å². The third kappa shape index (κ3) is 5.11. The van der Waals surface area contributed by atoms with Crippen LogP contribution in [-0.2, 0) is 5.41 Å². The summed E-state index contributed by atoms with van der Waals surface area (Å²) in [6.07, 6.45) is 1.95. The number of fused-ring (bicyclic) bond motifs is 2. The number of aromatic nitrogens is 1. The Morgan fingerprint density at radius 2 is 1.30 bits per heavy atom. The van der Waals surface area contributed by atoms with Gasteiger partial charge in [-0.25, -0.2) is 0 Å². The molecule has 3 nitrogen and oxygen atoms in total. The van der Waals surface area contributed by atoms with Gasteiger partial charge in [-0.15, -0.1) is 0 Å². The van der Waals surface area contributed by atoms with E-state index in [1.165, 1.54) is 55.4 Å². The molecule has 0 amide bonds. The molecule has 5 aromatic rings. The maximum Gasteiger partial charge on any atom is 0.411 e. The first-order valence-electron chi connectivity index (χ1n) is 15.7. The van der Waals surface area contributed by atoms with Crippen molar-refractivity contribution in [2.75, 3.05) is 23.7 Å². The van der Waals surface area contributed by atoms with Crippen molar-refractivity contribution in [2.45, 2.75) is 65.7 Å². The molecule has 0 fully saturated rings. The van der Waals surface area contributed by atoms with Gasteiger partial charge in [-0.2, -0.15) is 0 Å². The van der Waals surface area contributed by atoms with Crippen molar-refractivity contribution in [3.8, 4) is 22.4 Å². The fraction of sp³-hybridized carbons (Fsp3) is 0.308. The zero-order valence-corrected chi connectivity index (χ0v) is 27.2. The van der Waals surface area contributed by atoms with E-state index in [1.54, 1.807) is 0 Å². The highest BCUT2D eigenvalue weighted by molar-refractivity contribution is 6.82. The average molecular weight is 566 g/mol. The molecule has 6 rings (SSSR count). The molecular formula is C39H44BN3. The van der Waals surface area contributed by atoms with E-state index in [4.69, 9.17) is 4.98 Å². The molecular weight excluding hydrogens is 521 g/mol. The number of benzene rings is 4. The SMILES string of the molecule is CC(C)c1cccc(C(C)C)c1B1N(C)c2ccc(-c3ccnc(-c4cc(C(C)(C)C)c5ccccc5c4)c3)cc2N1C. The Balaban J connectivity index is 1.41. The van der Waals surface area contributed by atoms with Gasteiger partial charge >= 0.3 is 6.98 Å². The first-order valence-corrected chi connectivity index (χ1v) is 15.7. The Labute approximate surface area is 258 Å². The summed E-state index contributed by atoms with van der Waals surface area (Å²) in [4.78, 5) is 9.77. The van der Waals surface area contributed by atoms with Crippen LogP contribution in [0.4, 0.5) is 11.4 Å². The number of pyridine rings is 1. The van der Waals surface area contributed by atoms with Crippen LogP contribution in [0.15, 0.2) is 91.1 Å². The topological polar surface area (TPSA) is 19.4 Å². The van der Waals surface area contributed by atoms with Crippen molar-refractivity contribution in [3.05, 3.63) is 108 Å². The number of hydrogen-bond acceptors (Lipinski definition) is 3. The molecule has 0 aliphatic carbocycles. The minimum absolute atomic E-state index is 0.0317. The molecule has 1 aliphatic rings. The Morgan fingerprint density at radius 1 is 0.651 bits per heavy atom. The highest BCUT2D eigenvalue weighted by atomic mass is 15.3. The van der Waals surface area contributed by atoms with E-state index in [0.717, 1.165) is 11.3 Å². The largest absolute Gasteiger partial charge is 0.411 e. The molecule has 4 aromatic carbocycles. The van der Waals surface area contributed by atoms with Crippen molar-refractivity contribution in [1.29, 1.82) is 0 Å². The van der Waals surface area contributed by atoms with Crippen LogP contribution in [0.2, 0.25) is 0 Å². The van der Waals surface area contributed by atoms with Crippen LogP contribution in [0, 0.1) is 0 Å². The van der Waals surface area contributed by atoms with E-state index in [-0.39, 0.29) is 12.4 Å². The molecule has 0 spiro atoms. The lowest BCUT2D eigenvalue weighted by molar-refractivity contribution is 0.596. The van der Waals surface area contributed by atoms with Gasteiger partial charge in [-0.05, 0) is 112 Å². The third-order valence-electron chi connectivity index (χ3n) is 9.20. The predicted molar refractivity (Wildman–Crippen MR) is 188 cm³/mol. The molecule has 0 atom stereocenters. The van der Waals surface area contributed by atoms with Gasteiger partial charge in [0.1, 0.15) is 0 Å². The highest BCUT2D eigenvalue weighted by Crippen LogP contribution is 2.41. The maximum absolute atomic E-state index is 4.85. The second-order valence-corrected chi connectivity index (χ2v) is 13.9. The summed E-state index contributed by atoms with van der Waals surface area (Å²) in [7, 11) is 4.49. The van der Waals surface area contributed by atoms with Gasteiger partial charge in [0.25, 0.3) is 0 Å². The predicted octanol–water partition coefficient (Wildman–Crippen LogP) is 9.39. The standard InChI is InChI=1S/C39H44BN3/c1-25(2)31-15-12-16-32(26(3)4)38(31)40-42(8)36-18-17-27(24-37(36)43(40)9)28-19-20-41-35(23-28)30-21-29-13-10-11-14-33(29)34(22-30)39(5,6)7/h10-26H,1-9H3. The number of anilines is 2. The summed E-state index contributed by atoms with van der Waals surface area (Å²) < 4.78 is 0. The Hall–Kier alpha value is -4.05. The van der Waals surface area contributed by atoms with Crippen LogP contribution >= 0.6 is 0 Å². The van der Waals surface area contributed by atoms with Crippen LogP contribution in [0.25, 0.3) is 33.2 Å². The van der Waals surface area contributed by atoms with Crippen molar-refractivity contribution in [2.24, 2.45) is 0 Å². The number of nitrogens with zero attached hydrogens (tertiary/aromatic N) is 3. The van der Waals surface area contributed by atoms with Crippen LogP contribution in [-0.4, -0.2) is 26.1 Å². The van der Waals surface area contributed by atoms with E-state index < -0.39 is 0 Å². The van der Waals surface area contributed by atoms with Gasteiger partial charge < -0.3 is 9.62 Å². The first-order chi connectivity index (χ1) is 20.5. The second kappa shape index (κ2) is 10.9. The third-order valence-corrected chi connectivity index (χ3v) is 9.20. The van der Waals surface area contributed by atoms with Crippen LogP contribution < -0.4 is 15.1 Å². The average Bonchev–Trinajstić information content (AvgIpc) is 3.24. The molecule has 2 heterocycles. The van der Waals surface area contributed by atoms with E-state index in [2.05, 4.69) is 157 Å². The van der Waals surface area contributed by atoms with Crippen molar-refractivity contribution in [1.82, 2.24) is 4.98 Å². The summed E-state index contributed by atoms with van der Waals surface area (Å²) in [6.45, 7) is 16.3. The molecule has 4 heteroatoms. The second-order valence-electron chi connectivity index (χ2n) is 13.9. The van der Waals surface area contributed by atoms with E-state index >= 15 is 0 Å². The fourth-order valence-electron chi connectivity index (χ4n) is 6.95. The normalized spacial score (nSPS) is 13.5. The Bertz CT molecular complexity index is 1790. The van der Waals surface area contributed by atoms with Gasteiger partial charge in [0.05, 0.1) is 5.69 Å². The molecule has 0 saturated heterocycles. The lowest BCUT2D eigenvalue weighted by Gasteiger charge is -2.30.